The number of methoxy groups -OCH3 is 1. The van der Waals surface area contributed by atoms with Crippen LogP contribution < -0.4 is 0 Å². The maximum atomic E-state index is 13.0. The zero-order valence-electron chi connectivity index (χ0n) is 14.1. The Balaban J connectivity index is 1.67. The lowest BCUT2D eigenvalue weighted by molar-refractivity contribution is -0.202. The molecule has 4 bridgehead atoms. The van der Waals surface area contributed by atoms with E-state index in [0.717, 1.165) is 19.3 Å². The van der Waals surface area contributed by atoms with Crippen molar-refractivity contribution >= 4 is 11.9 Å². The molecule has 136 valence electrons. The van der Waals surface area contributed by atoms with E-state index < -0.39 is 23.7 Å². The predicted molar refractivity (Wildman–Crippen MR) is 79.1 cm³/mol. The second kappa shape index (κ2) is 6.24. The Kier molecular flexibility index (Phi) is 4.57. The van der Waals surface area contributed by atoms with Gasteiger partial charge in [0.25, 0.3) is 5.92 Å². The van der Waals surface area contributed by atoms with Gasteiger partial charge in [-0.2, -0.15) is 0 Å². The molecular formula is C17H24F2O5. The predicted octanol–water partition coefficient (Wildman–Crippen LogP) is 2.92. The number of halogens is 2. The molecule has 0 heterocycles. The summed E-state index contributed by atoms with van der Waals surface area (Å²) in [5.41, 5.74) is -0.521. The van der Waals surface area contributed by atoms with E-state index in [1.54, 1.807) is 0 Å². The molecule has 4 fully saturated rings. The van der Waals surface area contributed by atoms with E-state index in [1.807, 2.05) is 0 Å². The van der Waals surface area contributed by atoms with Gasteiger partial charge in [0.15, 0.2) is 6.79 Å². The first-order valence-corrected chi connectivity index (χ1v) is 8.46. The van der Waals surface area contributed by atoms with Crippen LogP contribution in [0.15, 0.2) is 0 Å². The third kappa shape index (κ3) is 3.41. The standard InChI is InChI=1S/C17H24F2O5/c1-16(18,19)8-13(20)24-14-11-3-10-4-12(14)7-17(5-10,6-11)15(21)23-9-22-2/h10-12,14H,3-9H2,1-2H3. The fourth-order valence-corrected chi connectivity index (χ4v) is 5.13. The summed E-state index contributed by atoms with van der Waals surface area (Å²) in [7, 11) is 1.46. The van der Waals surface area contributed by atoms with Gasteiger partial charge >= 0.3 is 11.9 Å². The zero-order chi connectivity index (χ0) is 17.5. The molecule has 0 saturated heterocycles. The third-order valence-electron chi connectivity index (χ3n) is 5.65. The van der Waals surface area contributed by atoms with Crippen molar-refractivity contribution in [2.45, 2.75) is 57.5 Å². The van der Waals surface area contributed by atoms with Crippen LogP contribution >= 0.6 is 0 Å². The summed E-state index contributed by atoms with van der Waals surface area (Å²) >= 11 is 0. The fourth-order valence-electron chi connectivity index (χ4n) is 5.13. The highest BCUT2D eigenvalue weighted by molar-refractivity contribution is 5.77. The lowest BCUT2D eigenvalue weighted by Gasteiger charge is -2.57. The monoisotopic (exact) mass is 346 g/mol. The highest BCUT2D eigenvalue weighted by atomic mass is 19.3. The number of carbonyl (C=O) groups excluding carboxylic acids is 2. The van der Waals surface area contributed by atoms with Gasteiger partial charge in [0, 0.05) is 7.11 Å². The summed E-state index contributed by atoms with van der Waals surface area (Å²) < 4.78 is 41.4. The molecule has 0 N–H and O–H groups in total. The van der Waals surface area contributed by atoms with Gasteiger partial charge in [-0.3, -0.25) is 9.59 Å². The SMILES string of the molecule is COCOC(=O)C12CC3CC(C1)C(OC(=O)CC(C)(F)F)C(C3)C2. The molecule has 0 amide bonds. The van der Waals surface area contributed by atoms with E-state index in [-0.39, 0.29) is 30.7 Å². The summed E-state index contributed by atoms with van der Waals surface area (Å²) in [4.78, 5) is 24.3. The number of carbonyl (C=O) groups is 2. The summed E-state index contributed by atoms with van der Waals surface area (Å²) in [6.45, 7) is 0.649. The first-order valence-electron chi connectivity index (χ1n) is 8.46. The van der Waals surface area contributed by atoms with Crippen LogP contribution in [0.1, 0.15) is 45.4 Å². The van der Waals surface area contributed by atoms with E-state index in [9.17, 15) is 18.4 Å². The minimum atomic E-state index is -3.06. The molecular weight excluding hydrogens is 322 g/mol. The highest BCUT2D eigenvalue weighted by Gasteiger charge is 2.60. The topological polar surface area (TPSA) is 61.8 Å². The van der Waals surface area contributed by atoms with Gasteiger partial charge < -0.3 is 14.2 Å². The Morgan fingerprint density at radius 2 is 1.79 bits per heavy atom. The molecule has 4 saturated carbocycles. The van der Waals surface area contributed by atoms with E-state index in [0.29, 0.717) is 25.7 Å². The average molecular weight is 346 g/mol. The van der Waals surface area contributed by atoms with Gasteiger partial charge in [-0.05, 0) is 56.8 Å². The van der Waals surface area contributed by atoms with Crippen molar-refractivity contribution in [2.24, 2.45) is 23.2 Å². The highest BCUT2D eigenvalue weighted by Crippen LogP contribution is 2.61. The minimum Gasteiger partial charge on any atom is -0.462 e. The molecule has 2 unspecified atom stereocenters. The number of esters is 2. The van der Waals surface area contributed by atoms with Crippen LogP contribution in [0.4, 0.5) is 8.78 Å². The maximum Gasteiger partial charge on any atom is 0.314 e. The molecule has 4 aliphatic rings. The maximum absolute atomic E-state index is 13.0. The smallest absolute Gasteiger partial charge is 0.314 e. The number of hydrogen-bond donors (Lipinski definition) is 0. The van der Waals surface area contributed by atoms with Gasteiger partial charge in [-0.15, -0.1) is 0 Å². The van der Waals surface area contributed by atoms with Gasteiger partial charge in [-0.1, -0.05) is 0 Å². The van der Waals surface area contributed by atoms with E-state index in [2.05, 4.69) is 0 Å². The molecule has 0 aromatic rings. The van der Waals surface area contributed by atoms with Crippen LogP contribution in [0.2, 0.25) is 0 Å². The van der Waals surface area contributed by atoms with Gasteiger partial charge in [-0.25, -0.2) is 8.78 Å². The lowest BCUT2D eigenvalue weighted by Crippen LogP contribution is -2.57. The molecule has 7 heteroatoms. The quantitative estimate of drug-likeness (QED) is 0.547. The van der Waals surface area contributed by atoms with E-state index in [1.165, 1.54) is 7.11 Å². The molecule has 0 aromatic heterocycles. The van der Waals surface area contributed by atoms with Crippen LogP contribution in [-0.2, 0) is 23.8 Å². The van der Waals surface area contributed by atoms with Crippen LogP contribution in [0.3, 0.4) is 0 Å². The van der Waals surface area contributed by atoms with Crippen molar-refractivity contribution in [3.05, 3.63) is 0 Å². The van der Waals surface area contributed by atoms with Gasteiger partial charge in [0.05, 0.1) is 5.41 Å². The second-order valence-electron chi connectivity index (χ2n) is 7.79. The number of alkyl halides is 2. The molecule has 0 radical (unpaired) electrons. The Bertz CT molecular complexity index is 500. The molecule has 4 rings (SSSR count). The summed E-state index contributed by atoms with van der Waals surface area (Å²) in [6, 6.07) is 0. The normalized spacial score (nSPS) is 37.3. The second-order valence-corrected chi connectivity index (χ2v) is 7.79. The van der Waals surface area contributed by atoms with Crippen LogP contribution in [0.5, 0.6) is 0 Å². The van der Waals surface area contributed by atoms with Crippen molar-refractivity contribution in [1.82, 2.24) is 0 Å². The van der Waals surface area contributed by atoms with Crippen molar-refractivity contribution in [3.8, 4) is 0 Å². The molecule has 24 heavy (non-hydrogen) atoms. The minimum absolute atomic E-state index is 0.0563. The fraction of sp³-hybridized carbons (Fsp3) is 0.882. The molecule has 4 aliphatic carbocycles. The first-order chi connectivity index (χ1) is 11.2. The zero-order valence-corrected chi connectivity index (χ0v) is 14.1. The molecule has 0 spiro atoms. The van der Waals surface area contributed by atoms with Crippen LogP contribution in [0, 0.1) is 23.2 Å². The largest absolute Gasteiger partial charge is 0.462 e. The molecule has 5 nitrogen and oxygen atoms in total. The van der Waals surface area contributed by atoms with Crippen molar-refractivity contribution in [1.29, 1.82) is 0 Å². The summed E-state index contributed by atoms with van der Waals surface area (Å²) in [5.74, 6) is -3.62. The van der Waals surface area contributed by atoms with E-state index >= 15 is 0 Å². The van der Waals surface area contributed by atoms with Crippen LogP contribution in [0.25, 0.3) is 0 Å². The number of hydrogen-bond acceptors (Lipinski definition) is 5. The first kappa shape index (κ1) is 17.6. The number of rotatable bonds is 6. The average Bonchev–Trinajstić information content (AvgIpc) is 2.46. The molecule has 0 aliphatic heterocycles. The summed E-state index contributed by atoms with van der Waals surface area (Å²) in [6.07, 6.45) is 2.53. The Hall–Kier alpha value is -1.24. The number of ether oxygens (including phenoxy) is 3. The Morgan fingerprint density at radius 1 is 1.17 bits per heavy atom. The van der Waals surface area contributed by atoms with E-state index in [4.69, 9.17) is 14.2 Å². The Labute approximate surface area is 140 Å². The summed E-state index contributed by atoms with van der Waals surface area (Å²) in [5, 5.41) is 0. The molecule has 2 atom stereocenters. The Morgan fingerprint density at radius 3 is 2.33 bits per heavy atom. The third-order valence-corrected chi connectivity index (χ3v) is 5.65. The van der Waals surface area contributed by atoms with Gasteiger partial charge in [0.1, 0.15) is 12.5 Å². The van der Waals surface area contributed by atoms with Crippen molar-refractivity contribution in [3.63, 3.8) is 0 Å². The van der Waals surface area contributed by atoms with Gasteiger partial charge in [0.2, 0.25) is 0 Å². The lowest BCUT2D eigenvalue weighted by atomic mass is 9.48. The van der Waals surface area contributed by atoms with Crippen molar-refractivity contribution in [2.75, 3.05) is 13.9 Å². The van der Waals surface area contributed by atoms with Crippen molar-refractivity contribution < 1.29 is 32.6 Å². The molecule has 0 aromatic carbocycles. The van der Waals surface area contributed by atoms with Crippen LogP contribution in [-0.4, -0.2) is 37.9 Å².